The number of aliphatic hydroxyl groups is 2. The number of hydrogen-bond acceptors (Lipinski definition) is 10. The standard InChI is InChI=1S/C43H58N2O9/c1-7-20-45(41(49)50-6)38-27-36(44-54-42(3,4)5)34-25-30(15-9-11-21-46)33(17-10-12-22-47)39-35-26-32(52-31-16-13-14-29(24-31)28-48)18-19-37(35)53-43(38,40(34)39)51-23-8-2/h8,13-14,16,18-19,24-26,28,30,33,38-40,46-47H,2,7,9-12,15,17,20-23,27H2,1,3-6H3. The van der Waals surface area contributed by atoms with Crippen LogP contribution in [0.2, 0.25) is 0 Å². The number of carbonyl (C=O) groups excluding carboxylic acids is 2. The number of benzene rings is 2. The molecule has 0 saturated heterocycles. The van der Waals surface area contributed by atoms with E-state index in [9.17, 15) is 19.8 Å². The van der Waals surface area contributed by atoms with E-state index in [1.807, 2.05) is 52.0 Å². The predicted molar refractivity (Wildman–Crippen MR) is 207 cm³/mol. The molecule has 1 amide bonds. The van der Waals surface area contributed by atoms with Crippen LogP contribution in [0.4, 0.5) is 4.79 Å². The van der Waals surface area contributed by atoms with Crippen LogP contribution >= 0.6 is 0 Å². The van der Waals surface area contributed by atoms with Gasteiger partial charge in [-0.3, -0.25) is 9.69 Å². The van der Waals surface area contributed by atoms with E-state index in [4.69, 9.17) is 28.9 Å². The fourth-order valence-electron chi connectivity index (χ4n) is 8.42. The quantitative estimate of drug-likeness (QED) is 0.0670. The molecule has 1 fully saturated rings. The minimum atomic E-state index is -1.37. The Morgan fingerprint density at radius 3 is 2.48 bits per heavy atom. The van der Waals surface area contributed by atoms with Gasteiger partial charge in [0.2, 0.25) is 5.79 Å². The molecule has 11 heteroatoms. The number of oxime groups is 1. The molecule has 2 aromatic rings. The summed E-state index contributed by atoms with van der Waals surface area (Å²) < 4.78 is 25.9. The molecule has 6 unspecified atom stereocenters. The van der Waals surface area contributed by atoms with Crippen molar-refractivity contribution in [3.8, 4) is 17.2 Å². The summed E-state index contributed by atoms with van der Waals surface area (Å²) in [5.41, 5.74) is 2.54. The molecule has 2 aromatic carbocycles. The molecule has 0 aromatic heterocycles. The fourth-order valence-corrected chi connectivity index (χ4v) is 8.42. The minimum absolute atomic E-state index is 0.0632. The van der Waals surface area contributed by atoms with E-state index in [0.717, 1.165) is 48.8 Å². The summed E-state index contributed by atoms with van der Waals surface area (Å²) in [5, 5.41) is 24.5. The number of rotatable bonds is 18. The van der Waals surface area contributed by atoms with Gasteiger partial charge in [-0.25, -0.2) is 4.79 Å². The van der Waals surface area contributed by atoms with Gasteiger partial charge in [-0.05, 0) is 101 Å². The van der Waals surface area contributed by atoms with E-state index < -0.39 is 29.4 Å². The minimum Gasteiger partial charge on any atom is -0.459 e. The van der Waals surface area contributed by atoms with Gasteiger partial charge in [0.05, 0.1) is 25.3 Å². The number of nitrogens with zero attached hydrogens (tertiary/aromatic N) is 2. The first-order valence-corrected chi connectivity index (χ1v) is 19.4. The first kappa shape index (κ1) is 41.0. The Labute approximate surface area is 319 Å². The largest absolute Gasteiger partial charge is 0.459 e. The second kappa shape index (κ2) is 18.4. The number of fused-ring (bicyclic) bond motifs is 2. The molecule has 294 valence electrons. The number of methoxy groups -OCH3 is 1. The van der Waals surface area contributed by atoms with Crippen molar-refractivity contribution in [1.29, 1.82) is 0 Å². The summed E-state index contributed by atoms with van der Waals surface area (Å²) in [6.07, 6.45) is 9.90. The monoisotopic (exact) mass is 746 g/mol. The molecule has 2 aliphatic carbocycles. The average molecular weight is 747 g/mol. The number of unbranched alkanes of at least 4 members (excludes halogenated alkanes) is 2. The molecule has 5 rings (SSSR count). The molecule has 0 bridgehead atoms. The first-order valence-electron chi connectivity index (χ1n) is 19.4. The van der Waals surface area contributed by atoms with Crippen LogP contribution in [0, 0.1) is 17.8 Å². The van der Waals surface area contributed by atoms with Crippen LogP contribution in [-0.4, -0.2) is 84.1 Å². The molecular weight excluding hydrogens is 688 g/mol. The summed E-state index contributed by atoms with van der Waals surface area (Å²) in [6.45, 7) is 12.6. The Balaban J connectivity index is 1.79. The Bertz CT molecular complexity index is 1670. The highest BCUT2D eigenvalue weighted by Crippen LogP contribution is 2.62. The lowest BCUT2D eigenvalue weighted by molar-refractivity contribution is -0.255. The van der Waals surface area contributed by atoms with Crippen molar-refractivity contribution >= 4 is 18.1 Å². The molecule has 0 radical (unpaired) electrons. The van der Waals surface area contributed by atoms with Gasteiger partial charge in [0.25, 0.3) is 0 Å². The van der Waals surface area contributed by atoms with Gasteiger partial charge in [0.15, 0.2) is 0 Å². The SMILES string of the molecule is C=CCOC12Oc3ccc(Oc4cccc(C=O)c4)cc3C3C(CCCCO)C(CCCCO)C=C(C(=NOC(C)(C)C)CC1N(CCC)C(=O)OC)C32. The van der Waals surface area contributed by atoms with Gasteiger partial charge >= 0.3 is 6.09 Å². The smallest absolute Gasteiger partial charge is 0.409 e. The summed E-state index contributed by atoms with van der Waals surface area (Å²) in [5.74, 6) is -0.128. The van der Waals surface area contributed by atoms with Gasteiger partial charge in [-0.1, -0.05) is 49.2 Å². The van der Waals surface area contributed by atoms with Crippen LogP contribution in [0.3, 0.4) is 0 Å². The lowest BCUT2D eigenvalue weighted by Gasteiger charge is -2.59. The molecular formula is C43H58N2O9. The molecule has 1 aliphatic heterocycles. The Morgan fingerprint density at radius 1 is 1.07 bits per heavy atom. The third kappa shape index (κ3) is 9.01. The second-order valence-corrected chi connectivity index (χ2v) is 15.4. The average Bonchev–Trinajstić information content (AvgIpc) is 3.16. The van der Waals surface area contributed by atoms with E-state index in [1.54, 1.807) is 29.2 Å². The van der Waals surface area contributed by atoms with Gasteiger partial charge in [0, 0.05) is 43.2 Å². The zero-order valence-electron chi connectivity index (χ0n) is 32.5. The third-order valence-electron chi connectivity index (χ3n) is 10.6. The van der Waals surface area contributed by atoms with E-state index in [-0.39, 0.29) is 37.6 Å². The molecule has 11 nitrogen and oxygen atoms in total. The van der Waals surface area contributed by atoms with Gasteiger partial charge < -0.3 is 34.0 Å². The lowest BCUT2D eigenvalue weighted by atomic mass is 9.55. The van der Waals surface area contributed by atoms with Crippen molar-refractivity contribution < 1.29 is 43.6 Å². The molecule has 2 N–H and O–H groups in total. The van der Waals surface area contributed by atoms with Crippen LogP contribution in [0.15, 0.2) is 71.9 Å². The van der Waals surface area contributed by atoms with Gasteiger partial charge in [0.1, 0.15) is 35.2 Å². The molecule has 3 aliphatic rings. The van der Waals surface area contributed by atoms with Crippen LogP contribution in [-0.2, 0) is 14.3 Å². The maximum Gasteiger partial charge on any atom is 0.409 e. The number of carbonyl (C=O) groups is 2. The Kier molecular flexibility index (Phi) is 14.0. The maximum atomic E-state index is 13.7. The van der Waals surface area contributed by atoms with E-state index in [0.29, 0.717) is 55.0 Å². The molecule has 1 heterocycles. The third-order valence-corrected chi connectivity index (χ3v) is 10.6. The highest BCUT2D eigenvalue weighted by Gasteiger charge is 2.65. The number of allylic oxidation sites excluding steroid dienone is 1. The highest BCUT2D eigenvalue weighted by atomic mass is 16.7. The van der Waals surface area contributed by atoms with E-state index in [2.05, 4.69) is 12.7 Å². The zero-order chi connectivity index (χ0) is 38.9. The number of amides is 1. The van der Waals surface area contributed by atoms with Crippen LogP contribution < -0.4 is 9.47 Å². The van der Waals surface area contributed by atoms with Crippen molar-refractivity contribution in [2.45, 2.75) is 102 Å². The van der Waals surface area contributed by atoms with Crippen molar-refractivity contribution in [2.75, 3.05) is 33.5 Å². The lowest BCUT2D eigenvalue weighted by Crippen LogP contribution is -2.70. The number of ether oxygens (including phenoxy) is 4. The molecule has 0 spiro atoms. The van der Waals surface area contributed by atoms with Gasteiger partial charge in [-0.15, -0.1) is 6.58 Å². The summed E-state index contributed by atoms with van der Waals surface area (Å²) in [4.78, 5) is 33.1. The number of aliphatic hydroxyl groups excluding tert-OH is 2. The fraction of sp³-hybridized carbons (Fsp3) is 0.558. The summed E-state index contributed by atoms with van der Waals surface area (Å²) in [6, 6.07) is 12.1. The summed E-state index contributed by atoms with van der Waals surface area (Å²) >= 11 is 0. The van der Waals surface area contributed by atoms with Crippen molar-refractivity contribution in [3.63, 3.8) is 0 Å². The zero-order valence-corrected chi connectivity index (χ0v) is 32.5. The second-order valence-electron chi connectivity index (χ2n) is 15.4. The first-order chi connectivity index (χ1) is 26.0. The number of hydrogen-bond donors (Lipinski definition) is 2. The van der Waals surface area contributed by atoms with Crippen LogP contribution in [0.1, 0.15) is 101 Å². The Morgan fingerprint density at radius 2 is 1.81 bits per heavy atom. The Hall–Kier alpha value is -4.19. The van der Waals surface area contributed by atoms with E-state index in [1.165, 1.54) is 7.11 Å². The predicted octanol–water partition coefficient (Wildman–Crippen LogP) is 8.20. The summed E-state index contributed by atoms with van der Waals surface area (Å²) in [7, 11) is 1.38. The van der Waals surface area contributed by atoms with Crippen LogP contribution in [0.25, 0.3) is 0 Å². The normalized spacial score (nSPS) is 25.1. The molecule has 1 saturated carbocycles. The van der Waals surface area contributed by atoms with Crippen molar-refractivity contribution in [2.24, 2.45) is 22.9 Å². The van der Waals surface area contributed by atoms with Crippen LogP contribution in [0.5, 0.6) is 17.2 Å². The molecule has 54 heavy (non-hydrogen) atoms. The van der Waals surface area contributed by atoms with Gasteiger partial charge in [-0.2, -0.15) is 0 Å². The number of aldehydes is 1. The topological polar surface area (TPSA) is 136 Å². The van der Waals surface area contributed by atoms with Crippen molar-refractivity contribution in [3.05, 3.63) is 77.9 Å². The van der Waals surface area contributed by atoms with E-state index >= 15 is 0 Å². The van der Waals surface area contributed by atoms with Crippen molar-refractivity contribution in [1.82, 2.24) is 4.90 Å². The maximum absolute atomic E-state index is 13.7. The highest BCUT2D eigenvalue weighted by molar-refractivity contribution is 6.03. The molecule has 6 atom stereocenters.